The van der Waals surface area contributed by atoms with Crippen molar-refractivity contribution in [2.24, 2.45) is 0 Å². The first-order chi connectivity index (χ1) is 27.7. The maximum atomic E-state index is 6.37. The molecule has 0 saturated heterocycles. The molecular weight excluding hydrogens is 689 g/mol. The van der Waals surface area contributed by atoms with Gasteiger partial charge in [0.1, 0.15) is 11.2 Å². The quantitative estimate of drug-likeness (QED) is 0.170. The van der Waals surface area contributed by atoms with Crippen LogP contribution in [0.3, 0.4) is 0 Å². The zero-order chi connectivity index (χ0) is 37.0. The van der Waals surface area contributed by atoms with Crippen molar-refractivity contribution in [2.45, 2.75) is 0 Å². The van der Waals surface area contributed by atoms with Crippen LogP contribution >= 0.6 is 0 Å². The van der Waals surface area contributed by atoms with Crippen molar-refractivity contribution >= 4 is 44.1 Å². The number of para-hydroxylation sites is 2. The van der Waals surface area contributed by atoms with Crippen molar-refractivity contribution in [3.05, 3.63) is 182 Å². The smallest absolute Gasteiger partial charge is 0.231 e. The Morgan fingerprint density at radius 1 is 0.286 bits per heavy atom. The van der Waals surface area contributed by atoms with Crippen LogP contribution in [0.1, 0.15) is 0 Å². The van der Waals surface area contributed by atoms with Gasteiger partial charge in [-0.2, -0.15) is 9.97 Å². The van der Waals surface area contributed by atoms with Crippen LogP contribution in [0.25, 0.3) is 112 Å². The molecule has 11 aromatic rings. The Bertz CT molecular complexity index is 3010. The molecule has 0 unspecified atom stereocenters. The molecular formula is C50H30N4O2. The molecule has 0 atom stereocenters. The van der Waals surface area contributed by atoms with Gasteiger partial charge in [-0.15, -0.1) is 0 Å². The predicted octanol–water partition coefficient (Wildman–Crippen LogP) is 13.1. The summed E-state index contributed by atoms with van der Waals surface area (Å²) in [6, 6.07) is 61.9. The topological polar surface area (TPSA) is 77.8 Å². The number of hydrogen-bond acceptors (Lipinski definition) is 6. The highest BCUT2D eigenvalue weighted by molar-refractivity contribution is 6.11. The van der Waals surface area contributed by atoms with Crippen LogP contribution in [0.5, 0.6) is 0 Å². The van der Waals surface area contributed by atoms with Gasteiger partial charge in [-0.25, -0.2) is 9.97 Å². The molecule has 6 heteroatoms. The largest absolute Gasteiger partial charge is 0.438 e. The van der Waals surface area contributed by atoms with Gasteiger partial charge < -0.3 is 8.83 Å². The molecule has 262 valence electrons. The summed E-state index contributed by atoms with van der Waals surface area (Å²) in [7, 11) is 0. The maximum Gasteiger partial charge on any atom is 0.231 e. The van der Waals surface area contributed by atoms with Gasteiger partial charge in [-0.3, -0.25) is 0 Å². The van der Waals surface area contributed by atoms with E-state index < -0.39 is 0 Å². The highest BCUT2D eigenvalue weighted by Crippen LogP contribution is 2.39. The normalized spacial score (nSPS) is 11.6. The molecule has 0 aliphatic rings. The van der Waals surface area contributed by atoms with Crippen molar-refractivity contribution in [3.63, 3.8) is 0 Å². The molecule has 0 bridgehead atoms. The predicted molar refractivity (Wildman–Crippen MR) is 225 cm³/mol. The Kier molecular flexibility index (Phi) is 7.38. The molecule has 0 fully saturated rings. The van der Waals surface area contributed by atoms with Gasteiger partial charge in [0.25, 0.3) is 0 Å². The fourth-order valence-electron chi connectivity index (χ4n) is 7.62. The molecule has 7 aromatic carbocycles. The lowest BCUT2D eigenvalue weighted by Crippen LogP contribution is -1.96. The molecule has 4 heterocycles. The molecule has 0 amide bonds. The Balaban J connectivity index is 1.05. The number of nitrogens with zero attached hydrogens (tertiary/aromatic N) is 4. The SMILES string of the molecule is c1ccc(-c2ccc(-c3nc(-c4cccc(-c5nc(-c6ccc(-c7ccccc7)cc6)c6c(n5)oc5ccccc56)c4)nc4oc5ccccc5c34)cc2)cc1. The van der Waals surface area contributed by atoms with Gasteiger partial charge in [0.05, 0.1) is 22.2 Å². The molecule has 0 radical (unpaired) electrons. The van der Waals surface area contributed by atoms with E-state index in [1.54, 1.807) is 0 Å². The molecule has 0 spiro atoms. The first-order valence-electron chi connectivity index (χ1n) is 18.5. The van der Waals surface area contributed by atoms with Gasteiger partial charge in [0, 0.05) is 33.0 Å². The zero-order valence-corrected chi connectivity index (χ0v) is 29.9. The van der Waals surface area contributed by atoms with E-state index in [4.69, 9.17) is 28.8 Å². The molecule has 11 rings (SSSR count). The molecule has 0 aliphatic heterocycles. The Labute approximate surface area is 321 Å². The van der Waals surface area contributed by atoms with Crippen LogP contribution in [0.4, 0.5) is 0 Å². The van der Waals surface area contributed by atoms with E-state index in [-0.39, 0.29) is 0 Å². The van der Waals surface area contributed by atoms with Gasteiger partial charge in [-0.1, -0.05) is 164 Å². The summed E-state index contributed by atoms with van der Waals surface area (Å²) in [5.74, 6) is 1.09. The van der Waals surface area contributed by atoms with Crippen molar-refractivity contribution in [1.29, 1.82) is 0 Å². The summed E-state index contributed by atoms with van der Waals surface area (Å²) in [6.07, 6.45) is 0. The van der Waals surface area contributed by atoms with Crippen LogP contribution in [-0.2, 0) is 0 Å². The van der Waals surface area contributed by atoms with Crippen LogP contribution in [0.2, 0.25) is 0 Å². The lowest BCUT2D eigenvalue weighted by molar-refractivity contribution is 0.653. The molecule has 6 nitrogen and oxygen atoms in total. The van der Waals surface area contributed by atoms with Crippen LogP contribution in [-0.4, -0.2) is 19.9 Å². The Morgan fingerprint density at radius 2 is 0.643 bits per heavy atom. The van der Waals surface area contributed by atoms with E-state index in [1.165, 1.54) is 0 Å². The molecule has 0 aliphatic carbocycles. The van der Waals surface area contributed by atoms with Crippen LogP contribution in [0.15, 0.2) is 191 Å². The second-order valence-corrected chi connectivity index (χ2v) is 13.8. The Morgan fingerprint density at radius 3 is 1.09 bits per heavy atom. The number of hydrogen-bond donors (Lipinski definition) is 0. The van der Waals surface area contributed by atoms with Gasteiger partial charge >= 0.3 is 0 Å². The standard InChI is InChI=1S/C50H30N4O2/c1-3-12-31(13-4-1)33-22-26-35(27-23-33)45-43-39-18-7-9-20-41(39)55-49(43)53-47(51-45)37-16-11-17-38(30-37)48-52-46(44-40-19-8-10-21-42(40)56-50(44)54-48)36-28-24-34(25-29-36)32-14-5-2-6-15-32/h1-30H. The second kappa shape index (κ2) is 13.0. The third-order valence-corrected chi connectivity index (χ3v) is 10.4. The number of rotatable bonds is 6. The van der Waals surface area contributed by atoms with Gasteiger partial charge in [0.15, 0.2) is 11.6 Å². The average Bonchev–Trinajstić information content (AvgIpc) is 3.85. The van der Waals surface area contributed by atoms with E-state index in [2.05, 4.69) is 109 Å². The summed E-state index contributed by atoms with van der Waals surface area (Å²) in [6.45, 7) is 0. The van der Waals surface area contributed by atoms with Gasteiger partial charge in [0.2, 0.25) is 11.4 Å². The minimum Gasteiger partial charge on any atom is -0.438 e. The van der Waals surface area contributed by atoms with E-state index in [0.717, 1.165) is 88.6 Å². The van der Waals surface area contributed by atoms with Gasteiger partial charge in [-0.05, 0) is 40.5 Å². The van der Waals surface area contributed by atoms with Crippen molar-refractivity contribution in [3.8, 4) is 67.5 Å². The van der Waals surface area contributed by atoms with Crippen molar-refractivity contribution < 1.29 is 8.83 Å². The molecule has 0 saturated carbocycles. The monoisotopic (exact) mass is 718 g/mol. The highest BCUT2D eigenvalue weighted by atomic mass is 16.3. The van der Waals surface area contributed by atoms with E-state index >= 15 is 0 Å². The van der Waals surface area contributed by atoms with Crippen LogP contribution < -0.4 is 0 Å². The van der Waals surface area contributed by atoms with E-state index in [9.17, 15) is 0 Å². The highest BCUT2D eigenvalue weighted by Gasteiger charge is 2.21. The lowest BCUT2D eigenvalue weighted by atomic mass is 10.0. The maximum absolute atomic E-state index is 6.37. The first kappa shape index (κ1) is 31.8. The average molecular weight is 719 g/mol. The summed E-state index contributed by atoms with van der Waals surface area (Å²) in [5, 5.41) is 3.72. The summed E-state index contributed by atoms with van der Waals surface area (Å²) in [5.41, 5.74) is 12.4. The molecule has 4 aromatic heterocycles. The summed E-state index contributed by atoms with van der Waals surface area (Å²) >= 11 is 0. The third kappa shape index (κ3) is 5.43. The fourth-order valence-corrected chi connectivity index (χ4v) is 7.62. The first-order valence-corrected chi connectivity index (χ1v) is 18.5. The Hall–Kier alpha value is -7.70. The molecule has 56 heavy (non-hydrogen) atoms. The van der Waals surface area contributed by atoms with Crippen molar-refractivity contribution in [2.75, 3.05) is 0 Å². The molecule has 0 N–H and O–H groups in total. The van der Waals surface area contributed by atoms with E-state index in [1.807, 2.05) is 72.8 Å². The fraction of sp³-hybridized carbons (Fsp3) is 0. The minimum atomic E-state index is 0.532. The third-order valence-electron chi connectivity index (χ3n) is 10.4. The van der Waals surface area contributed by atoms with Crippen molar-refractivity contribution in [1.82, 2.24) is 19.9 Å². The lowest BCUT2D eigenvalue weighted by Gasteiger charge is -2.10. The zero-order valence-electron chi connectivity index (χ0n) is 29.9. The number of benzene rings is 7. The second-order valence-electron chi connectivity index (χ2n) is 13.8. The summed E-state index contributed by atoms with van der Waals surface area (Å²) in [4.78, 5) is 20.5. The number of fused-ring (bicyclic) bond motifs is 6. The number of furan rings is 2. The minimum absolute atomic E-state index is 0.532. The van der Waals surface area contributed by atoms with E-state index in [0.29, 0.717) is 23.1 Å². The summed E-state index contributed by atoms with van der Waals surface area (Å²) < 4.78 is 12.7. The number of aromatic nitrogens is 4. The van der Waals surface area contributed by atoms with Crippen LogP contribution in [0, 0.1) is 0 Å².